The number of fused-ring (bicyclic) bond motifs is 1. The predicted octanol–water partition coefficient (Wildman–Crippen LogP) is 2.28. The van der Waals surface area contributed by atoms with Crippen molar-refractivity contribution in [3.63, 3.8) is 0 Å². The molecule has 21 heavy (non-hydrogen) atoms. The number of anilines is 1. The standard InChI is InChI=1S/C16H16N2O3/c1-18-12-8-4-3-6-10(12)16(20)17-15(18)11-7-5-9-13(21-2)14(11)19/h3-9,15,19H,1-2H3,(H,17,20). The molecule has 1 atom stereocenters. The second-order valence-electron chi connectivity index (χ2n) is 4.90. The van der Waals surface area contributed by atoms with Gasteiger partial charge >= 0.3 is 0 Å². The number of rotatable bonds is 2. The lowest BCUT2D eigenvalue weighted by atomic mass is 10.0. The first kappa shape index (κ1) is 13.3. The van der Waals surface area contributed by atoms with Gasteiger partial charge in [-0.05, 0) is 18.2 Å². The van der Waals surface area contributed by atoms with Crippen LogP contribution in [0.15, 0.2) is 42.5 Å². The highest BCUT2D eigenvalue weighted by Crippen LogP contribution is 2.38. The number of carbonyl (C=O) groups excluding carboxylic acids is 1. The van der Waals surface area contributed by atoms with Gasteiger partial charge in [0, 0.05) is 12.6 Å². The average Bonchev–Trinajstić information content (AvgIpc) is 2.51. The van der Waals surface area contributed by atoms with Gasteiger partial charge in [-0.3, -0.25) is 4.79 Å². The summed E-state index contributed by atoms with van der Waals surface area (Å²) in [5, 5.41) is 13.2. The largest absolute Gasteiger partial charge is 0.504 e. The zero-order valence-electron chi connectivity index (χ0n) is 11.8. The summed E-state index contributed by atoms with van der Waals surface area (Å²) >= 11 is 0. The first-order valence-electron chi connectivity index (χ1n) is 6.62. The molecule has 1 heterocycles. The molecule has 0 spiro atoms. The van der Waals surface area contributed by atoms with Gasteiger partial charge in [0.25, 0.3) is 5.91 Å². The number of ether oxygens (including phenoxy) is 1. The summed E-state index contributed by atoms with van der Waals surface area (Å²) in [7, 11) is 3.37. The molecule has 0 saturated carbocycles. The Hall–Kier alpha value is -2.69. The van der Waals surface area contributed by atoms with E-state index in [2.05, 4.69) is 5.32 Å². The van der Waals surface area contributed by atoms with E-state index in [1.165, 1.54) is 7.11 Å². The maximum Gasteiger partial charge on any atom is 0.255 e. The van der Waals surface area contributed by atoms with Crippen LogP contribution in [0.5, 0.6) is 11.5 Å². The third-order valence-corrected chi connectivity index (χ3v) is 3.73. The number of amides is 1. The summed E-state index contributed by atoms with van der Waals surface area (Å²) in [5.41, 5.74) is 2.05. The van der Waals surface area contributed by atoms with E-state index in [0.717, 1.165) is 5.69 Å². The van der Waals surface area contributed by atoms with Crippen LogP contribution in [0.25, 0.3) is 0 Å². The molecule has 1 amide bonds. The number of para-hydroxylation sites is 2. The molecule has 0 aromatic heterocycles. The van der Waals surface area contributed by atoms with Crippen molar-refractivity contribution < 1.29 is 14.6 Å². The Labute approximate surface area is 122 Å². The van der Waals surface area contributed by atoms with Crippen LogP contribution in [0, 0.1) is 0 Å². The minimum atomic E-state index is -0.442. The Kier molecular flexibility index (Phi) is 3.17. The minimum absolute atomic E-state index is 0.0385. The summed E-state index contributed by atoms with van der Waals surface area (Å²) in [6, 6.07) is 12.6. The van der Waals surface area contributed by atoms with E-state index < -0.39 is 6.17 Å². The number of nitrogens with one attached hydrogen (secondary N) is 1. The fourth-order valence-electron chi connectivity index (χ4n) is 2.62. The van der Waals surface area contributed by atoms with E-state index in [1.54, 1.807) is 24.3 Å². The summed E-state index contributed by atoms with van der Waals surface area (Å²) < 4.78 is 5.13. The van der Waals surface area contributed by atoms with Crippen LogP contribution in [0.3, 0.4) is 0 Å². The normalized spacial score (nSPS) is 17.1. The van der Waals surface area contributed by atoms with Crippen molar-refractivity contribution >= 4 is 11.6 Å². The summed E-state index contributed by atoms with van der Waals surface area (Å²) in [6.45, 7) is 0. The van der Waals surface area contributed by atoms with Crippen LogP contribution in [-0.2, 0) is 0 Å². The first-order valence-corrected chi connectivity index (χ1v) is 6.62. The molecule has 5 nitrogen and oxygen atoms in total. The van der Waals surface area contributed by atoms with Crippen LogP contribution in [-0.4, -0.2) is 25.2 Å². The Bertz CT molecular complexity index is 700. The molecular weight excluding hydrogens is 268 g/mol. The van der Waals surface area contributed by atoms with Crippen molar-refractivity contribution in [2.75, 3.05) is 19.1 Å². The molecule has 2 N–H and O–H groups in total. The highest BCUT2D eigenvalue weighted by atomic mass is 16.5. The van der Waals surface area contributed by atoms with Crippen LogP contribution >= 0.6 is 0 Å². The Morgan fingerprint density at radius 1 is 1.19 bits per heavy atom. The maximum absolute atomic E-state index is 12.2. The lowest BCUT2D eigenvalue weighted by Crippen LogP contribution is -2.44. The summed E-state index contributed by atoms with van der Waals surface area (Å²) in [5.74, 6) is 0.265. The molecule has 1 unspecified atom stereocenters. The number of nitrogens with zero attached hydrogens (tertiary/aromatic N) is 1. The summed E-state index contributed by atoms with van der Waals surface area (Å²) in [6.07, 6.45) is -0.442. The summed E-state index contributed by atoms with van der Waals surface area (Å²) in [4.78, 5) is 14.2. The SMILES string of the molecule is COc1cccc(C2NC(=O)c3ccccc3N2C)c1O. The third-order valence-electron chi connectivity index (χ3n) is 3.73. The quantitative estimate of drug-likeness (QED) is 0.888. The van der Waals surface area contributed by atoms with Crippen LogP contribution in [0.1, 0.15) is 22.1 Å². The minimum Gasteiger partial charge on any atom is -0.504 e. The molecule has 3 rings (SSSR count). The van der Waals surface area contributed by atoms with Gasteiger partial charge in [-0.2, -0.15) is 0 Å². The van der Waals surface area contributed by atoms with Gasteiger partial charge in [0.15, 0.2) is 11.5 Å². The average molecular weight is 284 g/mol. The lowest BCUT2D eigenvalue weighted by molar-refractivity contribution is 0.0927. The van der Waals surface area contributed by atoms with Crippen LogP contribution < -0.4 is 15.0 Å². The number of hydrogen-bond acceptors (Lipinski definition) is 4. The van der Waals surface area contributed by atoms with Gasteiger partial charge in [0.2, 0.25) is 0 Å². The number of phenols is 1. The number of phenolic OH excluding ortho intramolecular Hbond substituents is 1. The van der Waals surface area contributed by atoms with Gasteiger partial charge in [-0.15, -0.1) is 0 Å². The van der Waals surface area contributed by atoms with Gasteiger partial charge in [-0.25, -0.2) is 0 Å². The molecule has 2 aromatic carbocycles. The highest BCUT2D eigenvalue weighted by molar-refractivity contribution is 6.02. The van der Waals surface area contributed by atoms with Crippen molar-refractivity contribution in [1.82, 2.24) is 5.32 Å². The molecule has 2 aromatic rings. The van der Waals surface area contributed by atoms with E-state index in [9.17, 15) is 9.90 Å². The number of hydrogen-bond donors (Lipinski definition) is 2. The monoisotopic (exact) mass is 284 g/mol. The molecule has 0 radical (unpaired) electrons. The van der Waals surface area contributed by atoms with Crippen LogP contribution in [0.2, 0.25) is 0 Å². The van der Waals surface area contributed by atoms with E-state index >= 15 is 0 Å². The van der Waals surface area contributed by atoms with E-state index in [0.29, 0.717) is 16.9 Å². The number of methoxy groups -OCH3 is 1. The van der Waals surface area contributed by atoms with Crippen molar-refractivity contribution in [2.24, 2.45) is 0 Å². The van der Waals surface area contributed by atoms with Crippen molar-refractivity contribution in [3.05, 3.63) is 53.6 Å². The predicted molar refractivity (Wildman–Crippen MR) is 79.7 cm³/mol. The van der Waals surface area contributed by atoms with Gasteiger partial charge < -0.3 is 20.1 Å². The molecular formula is C16H16N2O3. The molecule has 0 fully saturated rings. The van der Waals surface area contributed by atoms with E-state index in [-0.39, 0.29) is 11.7 Å². The first-order chi connectivity index (χ1) is 10.1. The Morgan fingerprint density at radius 3 is 2.71 bits per heavy atom. The molecule has 0 saturated heterocycles. The Morgan fingerprint density at radius 2 is 1.95 bits per heavy atom. The zero-order chi connectivity index (χ0) is 15.0. The highest BCUT2D eigenvalue weighted by Gasteiger charge is 2.31. The zero-order valence-corrected chi connectivity index (χ0v) is 11.8. The Balaban J connectivity index is 2.08. The topological polar surface area (TPSA) is 61.8 Å². The van der Waals surface area contributed by atoms with Gasteiger partial charge in [-0.1, -0.05) is 24.3 Å². The van der Waals surface area contributed by atoms with Crippen LogP contribution in [0.4, 0.5) is 5.69 Å². The number of carbonyl (C=O) groups is 1. The third kappa shape index (κ3) is 2.07. The molecule has 1 aliphatic rings. The van der Waals surface area contributed by atoms with Crippen molar-refractivity contribution in [2.45, 2.75) is 6.17 Å². The van der Waals surface area contributed by atoms with E-state index in [4.69, 9.17) is 4.74 Å². The second-order valence-corrected chi connectivity index (χ2v) is 4.90. The molecule has 0 aliphatic carbocycles. The smallest absolute Gasteiger partial charge is 0.255 e. The number of aromatic hydroxyl groups is 1. The number of benzene rings is 2. The van der Waals surface area contributed by atoms with Crippen molar-refractivity contribution in [3.8, 4) is 11.5 Å². The molecule has 1 aliphatic heterocycles. The maximum atomic E-state index is 12.2. The van der Waals surface area contributed by atoms with Gasteiger partial charge in [0.05, 0.1) is 18.4 Å². The lowest BCUT2D eigenvalue weighted by Gasteiger charge is -2.36. The molecule has 0 bridgehead atoms. The fraction of sp³-hybridized carbons (Fsp3) is 0.188. The van der Waals surface area contributed by atoms with Crippen molar-refractivity contribution in [1.29, 1.82) is 0 Å². The van der Waals surface area contributed by atoms with Gasteiger partial charge in [0.1, 0.15) is 6.17 Å². The van der Waals surface area contributed by atoms with E-state index in [1.807, 2.05) is 30.1 Å². The molecule has 5 heteroatoms. The fourth-order valence-corrected chi connectivity index (χ4v) is 2.62. The second kappa shape index (κ2) is 5.01. The molecule has 108 valence electrons.